The van der Waals surface area contributed by atoms with Crippen molar-refractivity contribution in [2.24, 2.45) is 13.0 Å². The van der Waals surface area contributed by atoms with Gasteiger partial charge in [0.25, 0.3) is 0 Å². The second-order valence-electron chi connectivity index (χ2n) is 7.14. The zero-order valence-corrected chi connectivity index (χ0v) is 13.8. The minimum atomic E-state index is -0.237. The molecular formula is C19H25N3O. The SMILES string of the molecule is Cn1ncnc1C1(OCC2CC2)CCC(c2ccccc2)CC1. The molecule has 0 amide bonds. The summed E-state index contributed by atoms with van der Waals surface area (Å²) >= 11 is 0. The van der Waals surface area contributed by atoms with Gasteiger partial charge in [0.2, 0.25) is 0 Å². The summed E-state index contributed by atoms with van der Waals surface area (Å²) in [7, 11) is 1.98. The van der Waals surface area contributed by atoms with E-state index in [1.807, 2.05) is 11.7 Å². The Morgan fingerprint density at radius 3 is 2.48 bits per heavy atom. The molecule has 0 atom stereocenters. The number of nitrogens with zero attached hydrogens (tertiary/aromatic N) is 3. The van der Waals surface area contributed by atoms with Gasteiger partial charge >= 0.3 is 0 Å². The second-order valence-corrected chi connectivity index (χ2v) is 7.14. The predicted molar refractivity (Wildman–Crippen MR) is 89.0 cm³/mol. The number of hydrogen-bond donors (Lipinski definition) is 0. The Morgan fingerprint density at radius 2 is 1.87 bits per heavy atom. The van der Waals surface area contributed by atoms with Gasteiger partial charge in [-0.15, -0.1) is 0 Å². The van der Waals surface area contributed by atoms with Crippen molar-refractivity contribution in [1.29, 1.82) is 0 Å². The van der Waals surface area contributed by atoms with Crippen molar-refractivity contribution in [3.05, 3.63) is 48.0 Å². The zero-order valence-electron chi connectivity index (χ0n) is 13.8. The Bertz CT molecular complexity index is 640. The van der Waals surface area contributed by atoms with E-state index in [1.165, 1.54) is 18.4 Å². The number of ether oxygens (including phenoxy) is 1. The molecule has 4 heteroatoms. The van der Waals surface area contributed by atoms with E-state index < -0.39 is 0 Å². The fourth-order valence-electron chi connectivity index (χ4n) is 3.85. The molecule has 0 N–H and O–H groups in total. The van der Waals surface area contributed by atoms with Gasteiger partial charge in [0.1, 0.15) is 11.9 Å². The first-order chi connectivity index (χ1) is 11.3. The molecule has 4 nitrogen and oxygen atoms in total. The molecule has 0 unspecified atom stereocenters. The van der Waals surface area contributed by atoms with E-state index in [0.29, 0.717) is 5.92 Å². The largest absolute Gasteiger partial charge is 0.367 e. The van der Waals surface area contributed by atoms with Crippen LogP contribution in [0.15, 0.2) is 36.7 Å². The normalized spacial score (nSPS) is 28.0. The van der Waals surface area contributed by atoms with Crippen LogP contribution in [0.3, 0.4) is 0 Å². The van der Waals surface area contributed by atoms with Crippen LogP contribution in [0.5, 0.6) is 0 Å². The van der Waals surface area contributed by atoms with Crippen LogP contribution in [0, 0.1) is 5.92 Å². The lowest BCUT2D eigenvalue weighted by Gasteiger charge is -2.39. The molecule has 0 radical (unpaired) electrons. The molecule has 2 aromatic rings. The molecule has 1 heterocycles. The standard InChI is InChI=1S/C19H25N3O/c1-22-18(20-14-21-22)19(23-13-15-7-8-15)11-9-17(10-12-19)16-5-3-2-4-6-16/h2-6,14-15,17H,7-13H2,1H3. The summed E-state index contributed by atoms with van der Waals surface area (Å²) in [6, 6.07) is 10.9. The monoisotopic (exact) mass is 311 g/mol. The first-order valence-corrected chi connectivity index (χ1v) is 8.80. The van der Waals surface area contributed by atoms with E-state index in [1.54, 1.807) is 6.33 Å². The van der Waals surface area contributed by atoms with Crippen LogP contribution in [0.1, 0.15) is 55.8 Å². The van der Waals surface area contributed by atoms with Gasteiger partial charge in [0.05, 0.1) is 6.61 Å². The van der Waals surface area contributed by atoms with E-state index in [2.05, 4.69) is 40.4 Å². The van der Waals surface area contributed by atoms with Crippen LogP contribution < -0.4 is 0 Å². The first-order valence-electron chi connectivity index (χ1n) is 8.80. The average Bonchev–Trinajstić information content (AvgIpc) is 3.34. The maximum absolute atomic E-state index is 6.48. The number of hydrogen-bond acceptors (Lipinski definition) is 3. The fourth-order valence-corrected chi connectivity index (χ4v) is 3.85. The average molecular weight is 311 g/mol. The van der Waals surface area contributed by atoms with Crippen molar-refractivity contribution in [3.63, 3.8) is 0 Å². The third-order valence-electron chi connectivity index (χ3n) is 5.48. The molecule has 0 saturated heterocycles. The van der Waals surface area contributed by atoms with Crippen molar-refractivity contribution in [3.8, 4) is 0 Å². The van der Waals surface area contributed by atoms with Crippen molar-refractivity contribution < 1.29 is 4.74 Å². The maximum Gasteiger partial charge on any atom is 0.158 e. The molecule has 0 bridgehead atoms. The van der Waals surface area contributed by atoms with Gasteiger partial charge in [0.15, 0.2) is 5.82 Å². The van der Waals surface area contributed by atoms with Gasteiger partial charge in [-0.05, 0) is 55.9 Å². The van der Waals surface area contributed by atoms with Crippen molar-refractivity contribution in [2.45, 2.75) is 50.0 Å². The maximum atomic E-state index is 6.48. The molecule has 2 saturated carbocycles. The van der Waals surface area contributed by atoms with Crippen molar-refractivity contribution >= 4 is 0 Å². The molecule has 1 aromatic carbocycles. The lowest BCUT2D eigenvalue weighted by Crippen LogP contribution is -2.37. The highest BCUT2D eigenvalue weighted by Gasteiger charge is 2.42. The third-order valence-corrected chi connectivity index (χ3v) is 5.48. The number of rotatable bonds is 5. The molecule has 2 aliphatic carbocycles. The molecule has 0 spiro atoms. The summed E-state index contributed by atoms with van der Waals surface area (Å²) in [5.74, 6) is 2.42. The Balaban J connectivity index is 1.52. The van der Waals surface area contributed by atoms with Gasteiger partial charge in [-0.3, -0.25) is 4.68 Å². The number of aryl methyl sites for hydroxylation is 1. The summed E-state index contributed by atoms with van der Waals surface area (Å²) in [4.78, 5) is 4.53. The van der Waals surface area contributed by atoms with E-state index in [9.17, 15) is 0 Å². The highest BCUT2D eigenvalue weighted by atomic mass is 16.5. The molecule has 2 aliphatic rings. The fraction of sp³-hybridized carbons (Fsp3) is 0.579. The predicted octanol–water partition coefficient (Wildman–Crippen LogP) is 3.79. The van der Waals surface area contributed by atoms with Crippen LogP contribution in [-0.2, 0) is 17.4 Å². The minimum Gasteiger partial charge on any atom is -0.367 e. The van der Waals surface area contributed by atoms with Crippen LogP contribution >= 0.6 is 0 Å². The summed E-state index contributed by atoms with van der Waals surface area (Å²) < 4.78 is 8.38. The minimum absolute atomic E-state index is 0.237. The Labute approximate surface area is 137 Å². The smallest absolute Gasteiger partial charge is 0.158 e. The van der Waals surface area contributed by atoms with Crippen LogP contribution in [-0.4, -0.2) is 21.4 Å². The molecule has 122 valence electrons. The topological polar surface area (TPSA) is 39.9 Å². The lowest BCUT2D eigenvalue weighted by molar-refractivity contribution is -0.0913. The van der Waals surface area contributed by atoms with Gasteiger partial charge in [-0.1, -0.05) is 30.3 Å². The van der Waals surface area contributed by atoms with E-state index in [4.69, 9.17) is 4.74 Å². The number of benzene rings is 1. The second kappa shape index (κ2) is 6.08. The van der Waals surface area contributed by atoms with E-state index >= 15 is 0 Å². The quantitative estimate of drug-likeness (QED) is 0.843. The molecule has 0 aliphatic heterocycles. The Kier molecular flexibility index (Phi) is 3.93. The summed E-state index contributed by atoms with van der Waals surface area (Å²) in [6.07, 6.45) is 8.67. The van der Waals surface area contributed by atoms with Crippen molar-refractivity contribution in [2.75, 3.05) is 6.61 Å². The Morgan fingerprint density at radius 1 is 1.13 bits per heavy atom. The van der Waals surface area contributed by atoms with Gasteiger partial charge in [-0.2, -0.15) is 5.10 Å². The van der Waals surface area contributed by atoms with Crippen LogP contribution in [0.2, 0.25) is 0 Å². The highest BCUT2D eigenvalue weighted by Crippen LogP contribution is 2.46. The molecular weight excluding hydrogens is 286 g/mol. The van der Waals surface area contributed by atoms with Gasteiger partial charge in [-0.25, -0.2) is 4.98 Å². The summed E-state index contributed by atoms with van der Waals surface area (Å²) in [5, 5.41) is 4.28. The molecule has 2 fully saturated rings. The highest BCUT2D eigenvalue weighted by molar-refractivity contribution is 5.21. The van der Waals surface area contributed by atoms with Crippen LogP contribution in [0.4, 0.5) is 0 Å². The molecule has 4 rings (SSSR count). The van der Waals surface area contributed by atoms with Crippen LogP contribution in [0.25, 0.3) is 0 Å². The third kappa shape index (κ3) is 3.05. The van der Waals surface area contributed by atoms with Gasteiger partial charge in [0, 0.05) is 7.05 Å². The molecule has 1 aromatic heterocycles. The lowest BCUT2D eigenvalue weighted by atomic mass is 9.75. The van der Waals surface area contributed by atoms with E-state index in [-0.39, 0.29) is 5.60 Å². The Hall–Kier alpha value is -1.68. The zero-order chi connectivity index (χ0) is 15.7. The number of aromatic nitrogens is 3. The summed E-state index contributed by atoms with van der Waals surface area (Å²) in [5.41, 5.74) is 1.22. The van der Waals surface area contributed by atoms with Gasteiger partial charge < -0.3 is 4.74 Å². The van der Waals surface area contributed by atoms with E-state index in [0.717, 1.165) is 44.0 Å². The summed E-state index contributed by atoms with van der Waals surface area (Å²) in [6.45, 7) is 0.878. The molecule has 23 heavy (non-hydrogen) atoms. The first kappa shape index (κ1) is 14.9. The van der Waals surface area contributed by atoms with Crippen molar-refractivity contribution in [1.82, 2.24) is 14.8 Å².